The number of esters is 1. The summed E-state index contributed by atoms with van der Waals surface area (Å²) in [5.41, 5.74) is 0.692. The van der Waals surface area contributed by atoms with Crippen LogP contribution in [0.4, 0.5) is 0 Å². The summed E-state index contributed by atoms with van der Waals surface area (Å²) in [6, 6.07) is 7.41. The Bertz CT molecular complexity index is 948. The van der Waals surface area contributed by atoms with Gasteiger partial charge < -0.3 is 4.74 Å². The normalized spacial score (nSPS) is 11.2. The van der Waals surface area contributed by atoms with Gasteiger partial charge in [0, 0.05) is 19.2 Å². The van der Waals surface area contributed by atoms with Crippen molar-refractivity contribution in [3.63, 3.8) is 0 Å². The highest BCUT2D eigenvalue weighted by atomic mass is 32.2. The Hall–Kier alpha value is -2.35. The maximum Gasteiger partial charge on any atom is 0.305 e. The van der Waals surface area contributed by atoms with E-state index in [0.717, 1.165) is 11.3 Å². The van der Waals surface area contributed by atoms with E-state index in [0.29, 0.717) is 35.8 Å². The Morgan fingerprint density at radius 3 is 2.88 bits per heavy atom. The highest BCUT2D eigenvalue weighted by molar-refractivity contribution is 7.99. The molecule has 0 atom stereocenters. The average molecular weight is 346 g/mol. The summed E-state index contributed by atoms with van der Waals surface area (Å²) in [7, 11) is 1.69. The molecule has 24 heavy (non-hydrogen) atoms. The van der Waals surface area contributed by atoms with Crippen LogP contribution in [0.15, 0.2) is 34.2 Å². The first kappa shape index (κ1) is 16.5. The molecule has 7 nitrogen and oxygen atoms in total. The summed E-state index contributed by atoms with van der Waals surface area (Å²) in [5.74, 6) is 1.04. The maximum absolute atomic E-state index is 12.4. The third-order valence-corrected chi connectivity index (χ3v) is 4.67. The molecule has 3 aromatic rings. The number of benzene rings is 1. The van der Waals surface area contributed by atoms with Crippen LogP contribution in [0.5, 0.6) is 0 Å². The Balaban J connectivity index is 1.88. The zero-order chi connectivity index (χ0) is 17.1. The minimum absolute atomic E-state index is 0.0932. The fraction of sp³-hybridized carbons (Fsp3) is 0.375. The van der Waals surface area contributed by atoms with Crippen molar-refractivity contribution < 1.29 is 9.53 Å². The predicted octanol–water partition coefficient (Wildman–Crippen LogP) is 2.02. The Kier molecular flexibility index (Phi) is 4.84. The summed E-state index contributed by atoms with van der Waals surface area (Å²) in [6.07, 6.45) is 1.08. The first-order chi connectivity index (χ1) is 11.6. The lowest BCUT2D eigenvalue weighted by Crippen LogP contribution is -2.20. The number of nitrogens with zero attached hydrogens (tertiary/aromatic N) is 4. The summed E-state index contributed by atoms with van der Waals surface area (Å²) in [5, 5.41) is 9.67. The van der Waals surface area contributed by atoms with E-state index in [1.807, 2.05) is 22.6 Å². The lowest BCUT2D eigenvalue weighted by Gasteiger charge is -2.07. The average Bonchev–Trinajstić information content (AvgIpc) is 3.01. The number of para-hydroxylation sites is 1. The van der Waals surface area contributed by atoms with Crippen molar-refractivity contribution in [3.8, 4) is 0 Å². The number of hydrogen-bond acceptors (Lipinski definition) is 6. The molecular formula is C16H18N4O3S. The SMILES string of the molecule is CCOC(=O)CCCSc1nnc2n(C)c(=O)c3ccccc3n12. The number of carbonyl (C=O) groups is 1. The molecular weight excluding hydrogens is 328 g/mol. The van der Waals surface area contributed by atoms with Gasteiger partial charge in [-0.1, -0.05) is 23.9 Å². The molecule has 2 aromatic heterocycles. The summed E-state index contributed by atoms with van der Waals surface area (Å²) in [4.78, 5) is 23.7. The molecule has 0 fully saturated rings. The standard InChI is InChI=1S/C16H18N4O3S/c1-3-23-13(21)9-6-10-24-16-18-17-15-19(2)14(22)11-7-4-5-8-12(11)20(15)16/h4-5,7-8H,3,6,9-10H2,1-2H3. The highest BCUT2D eigenvalue weighted by Gasteiger charge is 2.14. The Labute approximate surface area is 142 Å². The van der Waals surface area contributed by atoms with Crippen molar-refractivity contribution in [2.45, 2.75) is 24.9 Å². The third-order valence-electron chi connectivity index (χ3n) is 3.66. The van der Waals surface area contributed by atoms with Gasteiger partial charge in [-0.15, -0.1) is 10.2 Å². The van der Waals surface area contributed by atoms with E-state index in [1.165, 1.54) is 16.3 Å². The van der Waals surface area contributed by atoms with Crippen LogP contribution in [0.1, 0.15) is 19.8 Å². The van der Waals surface area contributed by atoms with Crippen LogP contribution >= 0.6 is 11.8 Å². The van der Waals surface area contributed by atoms with Crippen molar-refractivity contribution in [1.29, 1.82) is 0 Å². The molecule has 0 saturated heterocycles. The van der Waals surface area contributed by atoms with Crippen LogP contribution < -0.4 is 5.56 Å². The molecule has 0 saturated carbocycles. The molecule has 0 amide bonds. The molecule has 0 bridgehead atoms. The topological polar surface area (TPSA) is 78.5 Å². The molecule has 0 spiro atoms. The van der Waals surface area contributed by atoms with E-state index >= 15 is 0 Å². The summed E-state index contributed by atoms with van der Waals surface area (Å²) in [6.45, 7) is 2.20. The molecule has 3 rings (SSSR count). The Morgan fingerprint density at radius 2 is 2.08 bits per heavy atom. The fourth-order valence-corrected chi connectivity index (χ4v) is 3.40. The van der Waals surface area contributed by atoms with E-state index in [1.54, 1.807) is 20.0 Å². The van der Waals surface area contributed by atoms with E-state index in [-0.39, 0.29) is 11.5 Å². The Morgan fingerprint density at radius 1 is 1.29 bits per heavy atom. The van der Waals surface area contributed by atoms with E-state index < -0.39 is 0 Å². The van der Waals surface area contributed by atoms with Crippen molar-refractivity contribution >= 4 is 34.4 Å². The predicted molar refractivity (Wildman–Crippen MR) is 92.3 cm³/mol. The van der Waals surface area contributed by atoms with Gasteiger partial charge in [0.05, 0.1) is 17.5 Å². The van der Waals surface area contributed by atoms with Gasteiger partial charge in [0.1, 0.15) is 0 Å². The van der Waals surface area contributed by atoms with Gasteiger partial charge in [0.25, 0.3) is 5.56 Å². The van der Waals surface area contributed by atoms with Gasteiger partial charge in [-0.25, -0.2) is 0 Å². The van der Waals surface area contributed by atoms with Gasteiger partial charge in [-0.05, 0) is 25.5 Å². The second kappa shape index (κ2) is 7.04. The first-order valence-electron chi connectivity index (χ1n) is 7.74. The zero-order valence-electron chi connectivity index (χ0n) is 13.6. The molecule has 0 aliphatic heterocycles. The molecule has 0 aliphatic carbocycles. The van der Waals surface area contributed by atoms with Crippen LogP contribution in [0.2, 0.25) is 0 Å². The van der Waals surface area contributed by atoms with Crippen LogP contribution in [-0.4, -0.2) is 37.5 Å². The molecule has 1 aromatic carbocycles. The number of fused-ring (bicyclic) bond motifs is 3. The van der Waals surface area contributed by atoms with E-state index in [9.17, 15) is 9.59 Å². The van der Waals surface area contributed by atoms with E-state index in [4.69, 9.17) is 4.74 Å². The largest absolute Gasteiger partial charge is 0.466 e. The number of ether oxygens (including phenoxy) is 1. The summed E-state index contributed by atoms with van der Waals surface area (Å²) >= 11 is 1.51. The minimum Gasteiger partial charge on any atom is -0.466 e. The highest BCUT2D eigenvalue weighted by Crippen LogP contribution is 2.22. The maximum atomic E-state index is 12.4. The number of rotatable bonds is 6. The number of aromatic nitrogens is 4. The third kappa shape index (κ3) is 3.01. The number of thioether (sulfide) groups is 1. The van der Waals surface area contributed by atoms with Gasteiger partial charge in [0.2, 0.25) is 5.78 Å². The molecule has 2 heterocycles. The number of carbonyl (C=O) groups excluding carboxylic acids is 1. The quantitative estimate of drug-likeness (QED) is 0.386. The van der Waals surface area contributed by atoms with Gasteiger partial charge in [-0.2, -0.15) is 0 Å². The van der Waals surface area contributed by atoms with Crippen LogP contribution in [-0.2, 0) is 16.6 Å². The first-order valence-corrected chi connectivity index (χ1v) is 8.73. The molecule has 0 aliphatic rings. The van der Waals surface area contributed by atoms with Crippen LogP contribution in [0.3, 0.4) is 0 Å². The molecule has 0 radical (unpaired) electrons. The van der Waals surface area contributed by atoms with Crippen molar-refractivity contribution in [2.75, 3.05) is 12.4 Å². The minimum atomic E-state index is -0.183. The zero-order valence-corrected chi connectivity index (χ0v) is 14.4. The number of aryl methyl sites for hydroxylation is 1. The van der Waals surface area contributed by atoms with Crippen molar-refractivity contribution in [2.24, 2.45) is 7.05 Å². The van der Waals surface area contributed by atoms with Gasteiger partial charge in [-0.3, -0.25) is 18.6 Å². The van der Waals surface area contributed by atoms with Crippen LogP contribution in [0, 0.1) is 0 Å². The summed E-state index contributed by atoms with van der Waals surface area (Å²) < 4.78 is 8.30. The van der Waals surface area contributed by atoms with E-state index in [2.05, 4.69) is 10.2 Å². The second-order valence-electron chi connectivity index (χ2n) is 5.26. The second-order valence-corrected chi connectivity index (χ2v) is 6.32. The number of hydrogen-bond donors (Lipinski definition) is 0. The van der Waals surface area contributed by atoms with Crippen molar-refractivity contribution in [1.82, 2.24) is 19.2 Å². The lowest BCUT2D eigenvalue weighted by molar-refractivity contribution is -0.143. The molecule has 0 unspecified atom stereocenters. The van der Waals surface area contributed by atoms with Gasteiger partial charge in [0.15, 0.2) is 5.16 Å². The van der Waals surface area contributed by atoms with Gasteiger partial charge >= 0.3 is 5.97 Å². The van der Waals surface area contributed by atoms with Crippen LogP contribution in [0.25, 0.3) is 16.7 Å². The van der Waals surface area contributed by atoms with Crippen molar-refractivity contribution in [3.05, 3.63) is 34.6 Å². The monoisotopic (exact) mass is 346 g/mol. The smallest absolute Gasteiger partial charge is 0.305 e. The lowest BCUT2D eigenvalue weighted by atomic mass is 10.2. The molecule has 0 N–H and O–H groups in total. The molecule has 126 valence electrons. The molecule has 8 heteroatoms. The fourth-order valence-electron chi connectivity index (χ4n) is 2.52.